The number of nitrogens with zero attached hydrogens (tertiary/aromatic N) is 1. The summed E-state index contributed by atoms with van der Waals surface area (Å²) < 4.78 is 29.8. The number of thioether (sulfide) groups is 1. The van der Waals surface area contributed by atoms with Gasteiger partial charge in [0.1, 0.15) is 10.1 Å². The number of carbonyl (C=O) groups is 1. The number of nitrogens with one attached hydrogen (secondary N) is 1. The van der Waals surface area contributed by atoms with Crippen molar-refractivity contribution < 1.29 is 18.3 Å². The maximum Gasteiger partial charge on any atom is 0.387 e. The van der Waals surface area contributed by atoms with E-state index < -0.39 is 11.9 Å². The molecule has 1 aromatic carbocycles. The summed E-state index contributed by atoms with van der Waals surface area (Å²) in [5.74, 6) is -0.394. The van der Waals surface area contributed by atoms with Crippen LogP contribution in [0.4, 0.5) is 14.5 Å². The molecule has 23 heavy (non-hydrogen) atoms. The number of thiocarbonyl (C=S) groups is 1. The van der Waals surface area contributed by atoms with Crippen molar-refractivity contribution in [2.24, 2.45) is 0 Å². The quantitative estimate of drug-likeness (QED) is 0.743. The third kappa shape index (κ3) is 6.31. The second-order valence-electron chi connectivity index (χ2n) is 4.56. The van der Waals surface area contributed by atoms with Crippen LogP contribution < -0.4 is 10.1 Å². The second kappa shape index (κ2) is 9.67. The highest BCUT2D eigenvalue weighted by molar-refractivity contribution is 8.23. The van der Waals surface area contributed by atoms with Gasteiger partial charge >= 0.3 is 6.61 Å². The van der Waals surface area contributed by atoms with Gasteiger partial charge in [-0.25, -0.2) is 0 Å². The number of para-hydroxylation sites is 2. The lowest BCUT2D eigenvalue weighted by Crippen LogP contribution is -2.31. The summed E-state index contributed by atoms with van der Waals surface area (Å²) in [6.07, 6.45) is 0. The van der Waals surface area contributed by atoms with E-state index in [4.69, 9.17) is 12.2 Å². The molecule has 0 saturated carbocycles. The normalized spacial score (nSPS) is 11.9. The predicted octanol–water partition coefficient (Wildman–Crippen LogP) is 3.97. The molecule has 0 heterocycles. The Balaban J connectivity index is 2.70. The van der Waals surface area contributed by atoms with E-state index >= 15 is 0 Å². The van der Waals surface area contributed by atoms with Crippen molar-refractivity contribution >= 4 is 39.9 Å². The largest absolute Gasteiger partial charge is 0.433 e. The van der Waals surface area contributed by atoms with Crippen LogP contribution in [-0.2, 0) is 4.79 Å². The van der Waals surface area contributed by atoms with E-state index in [9.17, 15) is 13.6 Å². The van der Waals surface area contributed by atoms with Gasteiger partial charge in [0, 0.05) is 13.1 Å². The van der Waals surface area contributed by atoms with Crippen LogP contribution in [0.1, 0.15) is 20.8 Å². The summed E-state index contributed by atoms with van der Waals surface area (Å²) in [6.45, 7) is 4.27. The fourth-order valence-electron chi connectivity index (χ4n) is 1.76. The summed E-state index contributed by atoms with van der Waals surface area (Å²) >= 11 is 6.56. The molecule has 8 heteroatoms. The Bertz CT molecular complexity index is 540. The minimum Gasteiger partial charge on any atom is -0.433 e. The molecule has 0 aliphatic rings. The third-order valence-corrected chi connectivity index (χ3v) is 4.60. The zero-order chi connectivity index (χ0) is 17.4. The highest BCUT2D eigenvalue weighted by Gasteiger charge is 2.20. The van der Waals surface area contributed by atoms with Gasteiger partial charge in [-0.15, -0.1) is 0 Å². The maximum atomic E-state index is 12.4. The average Bonchev–Trinajstić information content (AvgIpc) is 2.49. The molecule has 1 aromatic rings. The Morgan fingerprint density at radius 1 is 1.35 bits per heavy atom. The lowest BCUT2D eigenvalue weighted by molar-refractivity contribution is -0.115. The Kier molecular flexibility index (Phi) is 8.25. The number of benzene rings is 1. The Morgan fingerprint density at radius 3 is 2.52 bits per heavy atom. The average molecular weight is 362 g/mol. The molecule has 0 unspecified atom stereocenters. The Morgan fingerprint density at radius 2 is 1.96 bits per heavy atom. The molecule has 0 radical (unpaired) electrons. The molecule has 1 N–H and O–H groups in total. The van der Waals surface area contributed by atoms with E-state index in [1.54, 1.807) is 19.1 Å². The van der Waals surface area contributed by atoms with Gasteiger partial charge in [-0.2, -0.15) is 8.78 Å². The van der Waals surface area contributed by atoms with E-state index in [-0.39, 0.29) is 17.3 Å². The highest BCUT2D eigenvalue weighted by atomic mass is 32.2. The maximum absolute atomic E-state index is 12.4. The summed E-state index contributed by atoms with van der Waals surface area (Å²) in [4.78, 5) is 14.2. The monoisotopic (exact) mass is 362 g/mol. The standard InChI is InChI=1S/C15H20F2N2O2S2/c1-4-19(5-2)15(22)23-10(3)13(20)18-11-8-6-7-9-12(11)21-14(16)17/h6-10,14H,4-5H2,1-3H3,(H,18,20)/t10-/m1/s1. The summed E-state index contributed by atoms with van der Waals surface area (Å²) in [5.41, 5.74) is 0.207. The number of hydrogen-bond acceptors (Lipinski definition) is 4. The molecule has 0 fully saturated rings. The molecular weight excluding hydrogens is 342 g/mol. The minimum absolute atomic E-state index is 0.0700. The van der Waals surface area contributed by atoms with Crippen LogP contribution in [-0.4, -0.2) is 40.1 Å². The van der Waals surface area contributed by atoms with Crippen molar-refractivity contribution in [1.29, 1.82) is 0 Å². The van der Waals surface area contributed by atoms with E-state index in [2.05, 4.69) is 10.1 Å². The number of hydrogen-bond donors (Lipinski definition) is 1. The molecular formula is C15H20F2N2O2S2. The first-order valence-electron chi connectivity index (χ1n) is 7.19. The van der Waals surface area contributed by atoms with Crippen molar-refractivity contribution in [2.45, 2.75) is 32.6 Å². The van der Waals surface area contributed by atoms with Gasteiger partial charge in [-0.1, -0.05) is 36.1 Å². The van der Waals surface area contributed by atoms with Gasteiger partial charge in [-0.3, -0.25) is 4.79 Å². The van der Waals surface area contributed by atoms with E-state index in [1.807, 2.05) is 18.7 Å². The number of rotatable bonds is 7. The second-order valence-corrected chi connectivity index (χ2v) is 6.54. The Labute approximate surface area is 144 Å². The molecule has 0 spiro atoms. The van der Waals surface area contributed by atoms with Crippen LogP contribution in [0.3, 0.4) is 0 Å². The third-order valence-electron chi connectivity index (χ3n) is 3.03. The van der Waals surface area contributed by atoms with Crippen LogP contribution in [0.2, 0.25) is 0 Å². The SMILES string of the molecule is CCN(CC)C(=S)S[C@H](C)C(=O)Nc1ccccc1OC(F)F. The molecule has 1 atom stereocenters. The van der Waals surface area contributed by atoms with Gasteiger partial charge < -0.3 is 15.0 Å². The zero-order valence-corrected chi connectivity index (χ0v) is 14.8. The number of alkyl halides is 2. The number of ether oxygens (including phenoxy) is 1. The molecule has 128 valence electrons. The highest BCUT2D eigenvalue weighted by Crippen LogP contribution is 2.26. The fourth-order valence-corrected chi connectivity index (χ4v) is 3.33. The molecule has 4 nitrogen and oxygen atoms in total. The fraction of sp³-hybridized carbons (Fsp3) is 0.467. The molecule has 1 rings (SSSR count). The van der Waals surface area contributed by atoms with Crippen molar-refractivity contribution in [3.8, 4) is 5.75 Å². The first-order valence-corrected chi connectivity index (χ1v) is 8.48. The van der Waals surface area contributed by atoms with Crippen LogP contribution >= 0.6 is 24.0 Å². The van der Waals surface area contributed by atoms with Crippen molar-refractivity contribution in [1.82, 2.24) is 4.90 Å². The molecule has 0 bridgehead atoms. The lowest BCUT2D eigenvalue weighted by Gasteiger charge is -2.23. The van der Waals surface area contributed by atoms with Gasteiger partial charge in [0.05, 0.1) is 10.9 Å². The van der Waals surface area contributed by atoms with E-state index in [0.29, 0.717) is 4.32 Å². The summed E-state index contributed by atoms with van der Waals surface area (Å²) in [5, 5.41) is 2.14. The van der Waals surface area contributed by atoms with E-state index in [1.165, 1.54) is 23.9 Å². The predicted molar refractivity (Wildman–Crippen MR) is 94.3 cm³/mol. The summed E-state index contributed by atoms with van der Waals surface area (Å²) in [6, 6.07) is 6.07. The lowest BCUT2D eigenvalue weighted by atomic mass is 10.3. The van der Waals surface area contributed by atoms with E-state index in [0.717, 1.165) is 13.1 Å². The van der Waals surface area contributed by atoms with Crippen LogP contribution in [0.25, 0.3) is 0 Å². The van der Waals surface area contributed by atoms with Gasteiger partial charge in [-0.05, 0) is 32.9 Å². The van der Waals surface area contributed by atoms with Gasteiger partial charge in [0.25, 0.3) is 0 Å². The first kappa shape index (κ1) is 19.6. The first-order chi connectivity index (χ1) is 10.9. The van der Waals surface area contributed by atoms with Gasteiger partial charge in [0.2, 0.25) is 5.91 Å². The van der Waals surface area contributed by atoms with Gasteiger partial charge in [0.15, 0.2) is 0 Å². The zero-order valence-electron chi connectivity index (χ0n) is 13.2. The van der Waals surface area contributed by atoms with Crippen LogP contribution in [0.5, 0.6) is 5.75 Å². The number of amides is 1. The molecule has 0 aromatic heterocycles. The summed E-state index contributed by atoms with van der Waals surface area (Å²) in [7, 11) is 0. The number of halogens is 2. The number of carbonyl (C=O) groups excluding carboxylic acids is 1. The van der Waals surface area contributed by atoms with Crippen LogP contribution in [0, 0.1) is 0 Å². The number of anilines is 1. The molecule has 0 saturated heterocycles. The molecule has 0 aliphatic heterocycles. The topological polar surface area (TPSA) is 41.6 Å². The Hall–Kier alpha value is -1.41. The molecule has 1 amide bonds. The van der Waals surface area contributed by atoms with Crippen molar-refractivity contribution in [2.75, 3.05) is 18.4 Å². The minimum atomic E-state index is -2.95. The van der Waals surface area contributed by atoms with Crippen molar-refractivity contribution in [3.05, 3.63) is 24.3 Å². The van der Waals surface area contributed by atoms with Crippen LogP contribution in [0.15, 0.2) is 24.3 Å². The molecule has 0 aliphatic carbocycles. The smallest absolute Gasteiger partial charge is 0.387 e. The van der Waals surface area contributed by atoms with Crippen molar-refractivity contribution in [3.63, 3.8) is 0 Å².